The Balaban J connectivity index is 3.17. The number of carboxylic acid groups (broad SMARTS) is 1. The Morgan fingerprint density at radius 1 is 1.53 bits per heavy atom. The number of aliphatic carboxylic acids is 1. The largest absolute Gasteiger partial charge is 0.480 e. The molecule has 0 aliphatic heterocycles. The van der Waals surface area contributed by atoms with Crippen molar-refractivity contribution >= 4 is 28.9 Å². The summed E-state index contributed by atoms with van der Waals surface area (Å²) < 4.78 is 0. The van der Waals surface area contributed by atoms with Gasteiger partial charge < -0.3 is 10.4 Å². The Bertz CT molecular complexity index is 473. The van der Waals surface area contributed by atoms with Crippen molar-refractivity contribution in [3.05, 3.63) is 33.3 Å². The van der Waals surface area contributed by atoms with Gasteiger partial charge in [0.15, 0.2) is 0 Å². The second-order valence-electron chi connectivity index (χ2n) is 3.97. The lowest BCUT2D eigenvalue weighted by atomic mass is 10.1. The average Bonchev–Trinajstić information content (AvgIpc) is 2.15. The molecule has 0 spiro atoms. The summed E-state index contributed by atoms with van der Waals surface area (Å²) in [6.45, 7) is 2.81. The lowest BCUT2D eigenvalue weighted by Crippen LogP contribution is -2.40. The molecule has 1 aromatic rings. The van der Waals surface area contributed by atoms with Gasteiger partial charge in [-0.3, -0.25) is 10.1 Å². The van der Waals surface area contributed by atoms with Gasteiger partial charge in [-0.25, -0.2) is 4.79 Å². The highest BCUT2D eigenvalue weighted by atomic mass is 35.5. The van der Waals surface area contributed by atoms with Crippen LogP contribution >= 0.6 is 11.6 Å². The standard InChI is InChI=1S/C10H11ClN2O4/c1-10(2,9(14)15)12-7-5-6(11)3-4-8(7)13(16)17/h3-5,12H,1-2H3,(H,14,15). The maximum absolute atomic E-state index is 10.9. The monoisotopic (exact) mass is 258 g/mol. The molecule has 6 nitrogen and oxygen atoms in total. The van der Waals surface area contributed by atoms with Crippen LogP contribution in [0.25, 0.3) is 0 Å². The average molecular weight is 259 g/mol. The van der Waals surface area contributed by atoms with Crippen molar-refractivity contribution in [1.82, 2.24) is 0 Å². The summed E-state index contributed by atoms with van der Waals surface area (Å²) in [5.41, 5.74) is -1.46. The molecule has 0 heterocycles. The number of benzene rings is 1. The number of hydrogen-bond donors (Lipinski definition) is 2. The number of carboxylic acids is 1. The summed E-state index contributed by atoms with van der Waals surface area (Å²) in [5, 5.41) is 22.6. The van der Waals surface area contributed by atoms with Crippen molar-refractivity contribution in [3.63, 3.8) is 0 Å². The van der Waals surface area contributed by atoms with Crippen LogP contribution in [0.2, 0.25) is 5.02 Å². The summed E-state index contributed by atoms with van der Waals surface area (Å²) in [6, 6.07) is 3.92. The van der Waals surface area contributed by atoms with E-state index in [1.807, 2.05) is 0 Å². The van der Waals surface area contributed by atoms with Crippen molar-refractivity contribution in [2.24, 2.45) is 0 Å². The zero-order chi connectivity index (χ0) is 13.2. The molecule has 0 aromatic heterocycles. The number of nitro benzene ring substituents is 1. The number of halogens is 1. The molecular formula is C10H11ClN2O4. The van der Waals surface area contributed by atoms with Crippen molar-refractivity contribution < 1.29 is 14.8 Å². The molecule has 92 valence electrons. The molecule has 0 aliphatic rings. The van der Waals surface area contributed by atoms with E-state index in [2.05, 4.69) is 5.32 Å². The van der Waals surface area contributed by atoms with Crippen LogP contribution in [0.15, 0.2) is 18.2 Å². The van der Waals surface area contributed by atoms with E-state index in [4.69, 9.17) is 16.7 Å². The van der Waals surface area contributed by atoms with Gasteiger partial charge in [0.25, 0.3) is 5.69 Å². The van der Waals surface area contributed by atoms with Gasteiger partial charge in [0, 0.05) is 11.1 Å². The topological polar surface area (TPSA) is 92.5 Å². The summed E-state index contributed by atoms with van der Waals surface area (Å²) >= 11 is 5.72. The molecule has 0 amide bonds. The van der Waals surface area contributed by atoms with Crippen molar-refractivity contribution in [2.75, 3.05) is 5.32 Å². The fourth-order valence-electron chi connectivity index (χ4n) is 1.16. The lowest BCUT2D eigenvalue weighted by molar-refractivity contribution is -0.384. The highest BCUT2D eigenvalue weighted by molar-refractivity contribution is 6.31. The molecule has 7 heteroatoms. The molecule has 1 rings (SSSR count). The van der Waals surface area contributed by atoms with Gasteiger partial charge in [0.05, 0.1) is 4.92 Å². The zero-order valence-electron chi connectivity index (χ0n) is 9.23. The zero-order valence-corrected chi connectivity index (χ0v) is 9.99. The number of hydrogen-bond acceptors (Lipinski definition) is 4. The summed E-state index contributed by atoms with van der Waals surface area (Å²) in [5.74, 6) is -1.12. The molecule has 17 heavy (non-hydrogen) atoms. The van der Waals surface area contributed by atoms with Gasteiger partial charge in [-0.15, -0.1) is 0 Å². The van der Waals surface area contributed by atoms with Crippen LogP contribution in [-0.2, 0) is 4.79 Å². The number of nitro groups is 1. The maximum Gasteiger partial charge on any atom is 0.328 e. The molecule has 0 saturated carbocycles. The SMILES string of the molecule is CC(C)(Nc1cc(Cl)ccc1[N+](=O)[O-])C(=O)O. The molecule has 1 aromatic carbocycles. The quantitative estimate of drug-likeness (QED) is 0.639. The minimum atomic E-state index is -1.32. The molecule has 0 fully saturated rings. The molecule has 0 unspecified atom stereocenters. The minimum absolute atomic E-state index is 0.0786. The maximum atomic E-state index is 10.9. The van der Waals surface area contributed by atoms with Crippen molar-refractivity contribution in [1.29, 1.82) is 0 Å². The third-order valence-electron chi connectivity index (χ3n) is 2.14. The molecule has 0 atom stereocenters. The molecule has 0 radical (unpaired) electrons. The number of carbonyl (C=O) groups is 1. The summed E-state index contributed by atoms with van der Waals surface area (Å²) in [4.78, 5) is 21.1. The normalized spacial score (nSPS) is 11.0. The fourth-order valence-corrected chi connectivity index (χ4v) is 1.33. The lowest BCUT2D eigenvalue weighted by Gasteiger charge is -2.22. The molecule has 0 aliphatic carbocycles. The van der Waals surface area contributed by atoms with E-state index in [1.165, 1.54) is 32.0 Å². The van der Waals surface area contributed by atoms with Crippen LogP contribution in [0.5, 0.6) is 0 Å². The van der Waals surface area contributed by atoms with Gasteiger partial charge in [-0.2, -0.15) is 0 Å². The second kappa shape index (κ2) is 4.58. The van der Waals surface area contributed by atoms with Crippen LogP contribution in [0, 0.1) is 10.1 Å². The van der Waals surface area contributed by atoms with Crippen LogP contribution in [-0.4, -0.2) is 21.5 Å². The van der Waals surface area contributed by atoms with Crippen LogP contribution in [0.4, 0.5) is 11.4 Å². The number of anilines is 1. The minimum Gasteiger partial charge on any atom is -0.480 e. The first-order chi connectivity index (χ1) is 7.74. The third kappa shape index (κ3) is 3.07. The van der Waals surface area contributed by atoms with E-state index < -0.39 is 16.4 Å². The predicted molar refractivity (Wildman–Crippen MR) is 63.4 cm³/mol. The number of rotatable bonds is 4. The molecule has 2 N–H and O–H groups in total. The summed E-state index contributed by atoms with van der Waals surface area (Å²) in [6.07, 6.45) is 0. The van der Waals surface area contributed by atoms with Gasteiger partial charge >= 0.3 is 5.97 Å². The molecular weight excluding hydrogens is 248 g/mol. The molecule has 0 bridgehead atoms. The van der Waals surface area contributed by atoms with Crippen molar-refractivity contribution in [2.45, 2.75) is 19.4 Å². The van der Waals surface area contributed by atoms with Gasteiger partial charge in [-0.1, -0.05) is 11.6 Å². The fraction of sp³-hybridized carbons (Fsp3) is 0.300. The van der Waals surface area contributed by atoms with E-state index in [0.717, 1.165) is 0 Å². The highest BCUT2D eigenvalue weighted by Crippen LogP contribution is 2.29. The Kier molecular flexibility index (Phi) is 3.57. The number of nitrogens with zero attached hydrogens (tertiary/aromatic N) is 1. The Morgan fingerprint density at radius 2 is 2.12 bits per heavy atom. The predicted octanol–water partition coefficient (Wildman–Crippen LogP) is 2.52. The first-order valence-corrected chi connectivity index (χ1v) is 5.07. The van der Waals surface area contributed by atoms with Gasteiger partial charge in [0.1, 0.15) is 11.2 Å². The van der Waals surface area contributed by atoms with E-state index in [-0.39, 0.29) is 11.4 Å². The Hall–Kier alpha value is -1.82. The first kappa shape index (κ1) is 13.2. The van der Waals surface area contributed by atoms with Crippen LogP contribution in [0.3, 0.4) is 0 Å². The van der Waals surface area contributed by atoms with Crippen molar-refractivity contribution in [3.8, 4) is 0 Å². The van der Waals surface area contributed by atoms with Gasteiger partial charge in [-0.05, 0) is 26.0 Å². The van der Waals surface area contributed by atoms with Crippen LogP contribution < -0.4 is 5.32 Å². The van der Waals surface area contributed by atoms with Crippen LogP contribution in [0.1, 0.15) is 13.8 Å². The Labute approximate surface area is 102 Å². The van der Waals surface area contributed by atoms with E-state index in [9.17, 15) is 14.9 Å². The van der Waals surface area contributed by atoms with E-state index in [0.29, 0.717) is 5.02 Å². The second-order valence-corrected chi connectivity index (χ2v) is 4.41. The Morgan fingerprint density at radius 3 is 2.59 bits per heavy atom. The van der Waals surface area contributed by atoms with E-state index >= 15 is 0 Å². The third-order valence-corrected chi connectivity index (χ3v) is 2.37. The van der Waals surface area contributed by atoms with E-state index in [1.54, 1.807) is 0 Å². The summed E-state index contributed by atoms with van der Waals surface area (Å²) in [7, 11) is 0. The number of nitrogens with one attached hydrogen (secondary N) is 1. The highest BCUT2D eigenvalue weighted by Gasteiger charge is 2.29. The molecule has 0 saturated heterocycles. The van der Waals surface area contributed by atoms with Gasteiger partial charge in [0.2, 0.25) is 0 Å². The smallest absolute Gasteiger partial charge is 0.328 e. The first-order valence-electron chi connectivity index (χ1n) is 4.69.